The largest absolute Gasteiger partial charge is 0.456 e. The van der Waals surface area contributed by atoms with E-state index >= 15 is 0 Å². The summed E-state index contributed by atoms with van der Waals surface area (Å²) in [7, 11) is 0. The Morgan fingerprint density at radius 3 is 1.37 bits per heavy atom. The summed E-state index contributed by atoms with van der Waals surface area (Å²) in [4.78, 5) is 0. The topological polar surface area (TPSA) is 13.1 Å². The average Bonchev–Trinajstić information content (AvgIpc) is 3.55. The van der Waals surface area contributed by atoms with Gasteiger partial charge in [-0.05, 0) is 101 Å². The Balaban J connectivity index is 1.14. The lowest BCUT2D eigenvalue weighted by molar-refractivity contribution is 0.669. The highest BCUT2D eigenvalue weighted by Crippen LogP contribution is 2.45. The van der Waals surface area contributed by atoms with Gasteiger partial charge in [0.2, 0.25) is 0 Å². The number of benzene rings is 9. The molecule has 0 bridgehead atoms. The summed E-state index contributed by atoms with van der Waals surface area (Å²) in [6.07, 6.45) is 0. The highest BCUT2D eigenvalue weighted by Gasteiger charge is 2.18. The summed E-state index contributed by atoms with van der Waals surface area (Å²) in [6, 6.07) is 53.2. The van der Waals surface area contributed by atoms with Gasteiger partial charge in [-0.2, -0.15) is 0 Å². The Morgan fingerprint density at radius 1 is 0.306 bits per heavy atom. The molecule has 0 aliphatic rings. The van der Waals surface area contributed by atoms with E-state index in [1.54, 1.807) is 0 Å². The smallest absolute Gasteiger partial charge is 0.136 e. The highest BCUT2D eigenvalue weighted by molar-refractivity contribution is 6.22. The van der Waals surface area contributed by atoms with Gasteiger partial charge in [0.05, 0.1) is 5.48 Å². The maximum Gasteiger partial charge on any atom is 0.136 e. The number of fused-ring (bicyclic) bond motifs is 6. The first-order valence-electron chi connectivity index (χ1n) is 18.5. The van der Waals surface area contributed by atoms with Crippen LogP contribution in [0.3, 0.4) is 0 Å². The van der Waals surface area contributed by atoms with Gasteiger partial charge >= 0.3 is 0 Å². The molecule has 0 spiro atoms. The zero-order chi connectivity index (χ0) is 35.8. The molecule has 1 heteroatoms. The second-order valence-electron chi connectivity index (χ2n) is 12.5. The first-order valence-corrected chi connectivity index (χ1v) is 16.5. The van der Waals surface area contributed by atoms with Gasteiger partial charge in [0.15, 0.2) is 0 Å². The molecule has 1 aromatic heterocycles. The molecule has 10 rings (SSSR count). The summed E-state index contributed by atoms with van der Waals surface area (Å²) >= 11 is 0. The van der Waals surface area contributed by atoms with Crippen molar-refractivity contribution in [2.45, 2.75) is 0 Å². The van der Waals surface area contributed by atoms with Gasteiger partial charge in [-0.1, -0.05) is 158 Å². The van der Waals surface area contributed by atoms with Crippen molar-refractivity contribution in [1.82, 2.24) is 0 Å². The zero-order valence-electron chi connectivity index (χ0n) is 30.4. The summed E-state index contributed by atoms with van der Waals surface area (Å²) in [5.74, 6) is 0. The minimum absolute atomic E-state index is 0.0428. The molecule has 0 saturated heterocycles. The molecule has 1 heterocycles. The van der Waals surface area contributed by atoms with E-state index in [1.807, 2.05) is 54.6 Å². The molecule has 228 valence electrons. The van der Waals surface area contributed by atoms with Crippen molar-refractivity contribution in [1.29, 1.82) is 0 Å². The number of rotatable bonds is 4. The molecule has 0 saturated carbocycles. The Hall–Kier alpha value is -6.44. The van der Waals surface area contributed by atoms with Crippen molar-refractivity contribution in [3.05, 3.63) is 182 Å². The van der Waals surface area contributed by atoms with E-state index in [1.165, 1.54) is 5.39 Å². The minimum atomic E-state index is -0.0478. The quantitative estimate of drug-likeness (QED) is 0.177. The molecule has 1 nitrogen and oxygen atoms in total. The maximum absolute atomic E-state index is 8.92. The molecule has 0 aliphatic carbocycles. The summed E-state index contributed by atoms with van der Waals surface area (Å²) < 4.78 is 41.8. The van der Waals surface area contributed by atoms with E-state index in [2.05, 4.69) is 103 Å². The van der Waals surface area contributed by atoms with Gasteiger partial charge in [0.25, 0.3) is 0 Å². The molecule has 0 unspecified atom stereocenters. The summed E-state index contributed by atoms with van der Waals surface area (Å²) in [6.45, 7) is 0. The van der Waals surface area contributed by atoms with Crippen molar-refractivity contribution in [2.24, 2.45) is 0 Å². The second kappa shape index (κ2) is 11.1. The Kier molecular flexibility index (Phi) is 5.38. The number of furan rings is 1. The fourth-order valence-electron chi connectivity index (χ4n) is 7.38. The third-order valence-corrected chi connectivity index (χ3v) is 9.71. The van der Waals surface area contributed by atoms with Gasteiger partial charge in [-0.15, -0.1) is 0 Å². The maximum atomic E-state index is 8.92. The van der Waals surface area contributed by atoms with Crippen LogP contribution in [0.25, 0.3) is 98.8 Å². The monoisotopic (exact) mass is 626 g/mol. The van der Waals surface area contributed by atoms with Crippen molar-refractivity contribution in [2.75, 3.05) is 0 Å². The lowest BCUT2D eigenvalue weighted by Gasteiger charge is -2.18. The molecule has 0 amide bonds. The molecule has 49 heavy (non-hydrogen) atoms. The lowest BCUT2D eigenvalue weighted by atomic mass is 9.85. The normalized spacial score (nSPS) is 12.8. The molecule has 0 N–H and O–H groups in total. The van der Waals surface area contributed by atoms with Crippen LogP contribution >= 0.6 is 0 Å². The summed E-state index contributed by atoms with van der Waals surface area (Å²) in [5.41, 5.74) is 8.05. The van der Waals surface area contributed by atoms with Crippen LogP contribution in [0, 0.1) is 0 Å². The predicted octanol–water partition coefficient (Wildman–Crippen LogP) is 13.7. The third-order valence-electron chi connectivity index (χ3n) is 9.71. The average molecular weight is 627 g/mol. The van der Waals surface area contributed by atoms with Crippen LogP contribution in [0.2, 0.25) is 0 Å². The van der Waals surface area contributed by atoms with Crippen LogP contribution in [-0.4, -0.2) is 0 Å². The minimum Gasteiger partial charge on any atom is -0.456 e. The van der Waals surface area contributed by atoms with E-state index in [0.29, 0.717) is 22.3 Å². The van der Waals surface area contributed by atoms with Crippen LogP contribution in [0.15, 0.2) is 186 Å². The van der Waals surface area contributed by atoms with Crippen LogP contribution in [-0.2, 0) is 0 Å². The first kappa shape index (κ1) is 23.8. The van der Waals surface area contributed by atoms with E-state index < -0.39 is 0 Å². The molecular formula is C48H30O. The molecule has 0 aliphatic heterocycles. The Morgan fingerprint density at radius 2 is 0.755 bits per heavy atom. The number of hydrogen-bond donors (Lipinski definition) is 0. The van der Waals surface area contributed by atoms with Crippen LogP contribution in [0.1, 0.15) is 5.48 Å². The first-order chi connectivity index (χ1) is 26.0. The molecular weight excluding hydrogens is 593 g/mol. The van der Waals surface area contributed by atoms with E-state index in [-0.39, 0.29) is 24.2 Å². The molecule has 10 aromatic rings. The standard InChI is InChI=1S/C48H30O/c1-2-10-31(11-3-1)32-18-20-33(21-19-32)34-22-24-35(25-23-34)47-39-14-6-8-16-41(39)48(42-17-9-7-15-40(42)47)38-26-27-45-43(29-38)44-28-36-12-4-5-13-37(36)30-46(44)49-45/h1-30H/i18D,19D,20D,21D. The zero-order valence-corrected chi connectivity index (χ0v) is 26.4. The molecule has 0 fully saturated rings. The van der Waals surface area contributed by atoms with E-state index in [4.69, 9.17) is 9.90 Å². The van der Waals surface area contributed by atoms with Crippen molar-refractivity contribution >= 4 is 54.3 Å². The second-order valence-corrected chi connectivity index (χ2v) is 12.5. The van der Waals surface area contributed by atoms with Gasteiger partial charge in [0, 0.05) is 10.8 Å². The van der Waals surface area contributed by atoms with Crippen molar-refractivity contribution in [3.8, 4) is 44.5 Å². The van der Waals surface area contributed by atoms with Crippen LogP contribution in [0.4, 0.5) is 0 Å². The number of hydrogen-bond acceptors (Lipinski definition) is 1. The van der Waals surface area contributed by atoms with Crippen molar-refractivity contribution in [3.63, 3.8) is 0 Å². The Labute approximate surface area is 289 Å². The van der Waals surface area contributed by atoms with Gasteiger partial charge in [-0.3, -0.25) is 0 Å². The third kappa shape index (κ3) is 4.55. The lowest BCUT2D eigenvalue weighted by Crippen LogP contribution is -1.91. The fraction of sp³-hybridized carbons (Fsp3) is 0. The van der Waals surface area contributed by atoms with Crippen LogP contribution < -0.4 is 0 Å². The SMILES string of the molecule is [2H]c1c([2H])c(-c2ccc(-c3c4ccccc4c(-c4ccc5oc6cc7ccccc7cc6c5c4)c4ccccc34)cc2)c([2H])c([2H])c1-c1ccccc1. The molecule has 0 atom stereocenters. The predicted molar refractivity (Wildman–Crippen MR) is 208 cm³/mol. The van der Waals surface area contributed by atoms with Gasteiger partial charge < -0.3 is 4.42 Å². The molecule has 9 aromatic carbocycles. The highest BCUT2D eigenvalue weighted by atomic mass is 16.3. The fourth-order valence-corrected chi connectivity index (χ4v) is 7.38. The van der Waals surface area contributed by atoms with Gasteiger partial charge in [-0.25, -0.2) is 0 Å². The van der Waals surface area contributed by atoms with E-state index in [0.717, 1.165) is 71.1 Å². The molecule has 0 radical (unpaired) electrons. The van der Waals surface area contributed by atoms with Crippen LogP contribution in [0.5, 0.6) is 0 Å². The Bertz CT molecular complexity index is 3000. The van der Waals surface area contributed by atoms with E-state index in [9.17, 15) is 0 Å². The van der Waals surface area contributed by atoms with Gasteiger partial charge in [0.1, 0.15) is 11.2 Å². The van der Waals surface area contributed by atoms with Crippen molar-refractivity contribution < 1.29 is 9.90 Å². The summed E-state index contributed by atoms with van der Waals surface area (Å²) in [5, 5.41) is 9.04.